The lowest BCUT2D eigenvalue weighted by Crippen LogP contribution is -2.36. The molecule has 96 valence electrons. The number of hydrogen-bond donors (Lipinski definition) is 1. The second-order valence-electron chi connectivity index (χ2n) is 5.70. The molecule has 0 radical (unpaired) electrons. The smallest absolute Gasteiger partial charge is 0.00954 e. The lowest BCUT2D eigenvalue weighted by molar-refractivity contribution is 0.314. The third-order valence-corrected chi connectivity index (χ3v) is 4.29. The lowest BCUT2D eigenvalue weighted by atomic mass is 9.90. The van der Waals surface area contributed by atoms with E-state index in [0.29, 0.717) is 0 Å². The van der Waals surface area contributed by atoms with Crippen LogP contribution in [0.15, 0.2) is 0 Å². The Kier molecular flexibility index (Phi) is 7.11. The molecular weight excluding hydrogens is 194 g/mol. The minimum Gasteiger partial charge on any atom is -0.314 e. The van der Waals surface area contributed by atoms with Gasteiger partial charge in [-0.15, -0.1) is 0 Å². The lowest BCUT2D eigenvalue weighted by Gasteiger charge is -2.26. The van der Waals surface area contributed by atoms with Crippen molar-refractivity contribution in [2.75, 3.05) is 6.54 Å². The molecule has 1 aliphatic carbocycles. The van der Waals surface area contributed by atoms with Gasteiger partial charge in [0.2, 0.25) is 0 Å². The first-order valence-corrected chi connectivity index (χ1v) is 7.51. The van der Waals surface area contributed by atoms with Crippen LogP contribution in [0.5, 0.6) is 0 Å². The molecule has 0 bridgehead atoms. The van der Waals surface area contributed by atoms with E-state index in [1.165, 1.54) is 57.9 Å². The standard InChI is InChI=1S/C15H31N/c1-4-12-16-15(11-10-13(3)5-2)14-8-6-7-9-14/h13-16H,4-12H2,1-3H3. The van der Waals surface area contributed by atoms with Crippen LogP contribution in [-0.2, 0) is 0 Å². The van der Waals surface area contributed by atoms with E-state index in [2.05, 4.69) is 26.1 Å². The molecule has 0 spiro atoms. The maximum Gasteiger partial charge on any atom is 0.00954 e. The van der Waals surface area contributed by atoms with E-state index in [1.54, 1.807) is 0 Å². The molecule has 2 unspecified atom stereocenters. The van der Waals surface area contributed by atoms with Crippen molar-refractivity contribution in [3.63, 3.8) is 0 Å². The molecule has 1 aliphatic rings. The predicted octanol–water partition coefficient (Wildman–Crippen LogP) is 4.37. The second-order valence-corrected chi connectivity index (χ2v) is 5.70. The largest absolute Gasteiger partial charge is 0.314 e. The van der Waals surface area contributed by atoms with Gasteiger partial charge in [-0.2, -0.15) is 0 Å². The maximum absolute atomic E-state index is 3.79. The quantitative estimate of drug-likeness (QED) is 0.647. The molecule has 0 aromatic carbocycles. The summed E-state index contributed by atoms with van der Waals surface area (Å²) in [6.45, 7) is 8.19. The Hall–Kier alpha value is -0.0400. The molecule has 0 heterocycles. The van der Waals surface area contributed by atoms with Crippen LogP contribution in [0.25, 0.3) is 0 Å². The van der Waals surface area contributed by atoms with E-state index in [0.717, 1.165) is 17.9 Å². The summed E-state index contributed by atoms with van der Waals surface area (Å²) in [7, 11) is 0. The highest BCUT2D eigenvalue weighted by molar-refractivity contribution is 4.81. The van der Waals surface area contributed by atoms with Crippen LogP contribution in [0, 0.1) is 11.8 Å². The van der Waals surface area contributed by atoms with Gasteiger partial charge in [-0.3, -0.25) is 0 Å². The number of nitrogens with one attached hydrogen (secondary N) is 1. The molecule has 1 fully saturated rings. The van der Waals surface area contributed by atoms with Gasteiger partial charge in [-0.25, -0.2) is 0 Å². The Labute approximate surface area is 102 Å². The van der Waals surface area contributed by atoms with Crippen molar-refractivity contribution < 1.29 is 0 Å². The van der Waals surface area contributed by atoms with Crippen LogP contribution in [0.4, 0.5) is 0 Å². The highest BCUT2D eigenvalue weighted by atomic mass is 14.9. The Bertz CT molecular complexity index is 161. The van der Waals surface area contributed by atoms with Gasteiger partial charge in [0.15, 0.2) is 0 Å². The zero-order valence-corrected chi connectivity index (χ0v) is 11.6. The summed E-state index contributed by atoms with van der Waals surface area (Å²) >= 11 is 0. The van der Waals surface area contributed by atoms with Gasteiger partial charge >= 0.3 is 0 Å². The summed E-state index contributed by atoms with van der Waals surface area (Å²) in [6, 6.07) is 0.816. The average Bonchev–Trinajstić information content (AvgIpc) is 2.82. The highest BCUT2D eigenvalue weighted by Crippen LogP contribution is 2.30. The third kappa shape index (κ3) is 4.86. The van der Waals surface area contributed by atoms with E-state index in [9.17, 15) is 0 Å². The molecule has 0 amide bonds. The van der Waals surface area contributed by atoms with E-state index in [1.807, 2.05) is 0 Å². The van der Waals surface area contributed by atoms with Gasteiger partial charge in [0.1, 0.15) is 0 Å². The Morgan fingerprint density at radius 3 is 2.38 bits per heavy atom. The Morgan fingerprint density at radius 2 is 1.81 bits per heavy atom. The van der Waals surface area contributed by atoms with Gasteiger partial charge < -0.3 is 5.32 Å². The molecular formula is C15H31N. The minimum atomic E-state index is 0.816. The molecule has 1 N–H and O–H groups in total. The summed E-state index contributed by atoms with van der Waals surface area (Å²) in [5.41, 5.74) is 0. The summed E-state index contributed by atoms with van der Waals surface area (Å²) in [5, 5.41) is 3.79. The molecule has 1 heteroatoms. The fourth-order valence-corrected chi connectivity index (χ4v) is 2.86. The van der Waals surface area contributed by atoms with E-state index in [-0.39, 0.29) is 0 Å². The molecule has 0 saturated heterocycles. The van der Waals surface area contributed by atoms with E-state index >= 15 is 0 Å². The summed E-state index contributed by atoms with van der Waals surface area (Å²) in [6.07, 6.45) is 11.3. The van der Waals surface area contributed by atoms with Crippen molar-refractivity contribution in [2.24, 2.45) is 11.8 Å². The van der Waals surface area contributed by atoms with Crippen molar-refractivity contribution in [3.8, 4) is 0 Å². The van der Waals surface area contributed by atoms with Crippen molar-refractivity contribution in [1.29, 1.82) is 0 Å². The molecule has 0 aliphatic heterocycles. The topological polar surface area (TPSA) is 12.0 Å². The van der Waals surface area contributed by atoms with Gasteiger partial charge in [0.05, 0.1) is 0 Å². The molecule has 2 atom stereocenters. The van der Waals surface area contributed by atoms with Crippen LogP contribution in [0.1, 0.15) is 72.1 Å². The summed E-state index contributed by atoms with van der Waals surface area (Å²) in [5.74, 6) is 1.89. The van der Waals surface area contributed by atoms with Gasteiger partial charge in [0.25, 0.3) is 0 Å². The fraction of sp³-hybridized carbons (Fsp3) is 1.00. The zero-order valence-electron chi connectivity index (χ0n) is 11.6. The van der Waals surface area contributed by atoms with Crippen molar-refractivity contribution in [1.82, 2.24) is 5.32 Å². The summed E-state index contributed by atoms with van der Waals surface area (Å²) in [4.78, 5) is 0. The molecule has 0 aromatic heterocycles. The first-order chi connectivity index (χ1) is 7.77. The van der Waals surface area contributed by atoms with Crippen LogP contribution >= 0.6 is 0 Å². The molecule has 1 saturated carbocycles. The zero-order chi connectivity index (χ0) is 11.8. The predicted molar refractivity (Wildman–Crippen MR) is 72.7 cm³/mol. The van der Waals surface area contributed by atoms with Gasteiger partial charge in [0, 0.05) is 6.04 Å². The first-order valence-electron chi connectivity index (χ1n) is 7.51. The minimum absolute atomic E-state index is 0.816. The number of hydrogen-bond acceptors (Lipinski definition) is 1. The number of rotatable bonds is 8. The highest BCUT2D eigenvalue weighted by Gasteiger charge is 2.24. The molecule has 1 rings (SSSR count). The normalized spacial score (nSPS) is 21.2. The Morgan fingerprint density at radius 1 is 1.12 bits per heavy atom. The van der Waals surface area contributed by atoms with Crippen molar-refractivity contribution >= 4 is 0 Å². The molecule has 1 nitrogen and oxygen atoms in total. The van der Waals surface area contributed by atoms with Gasteiger partial charge in [-0.05, 0) is 50.5 Å². The SMILES string of the molecule is CCCNC(CCC(C)CC)C1CCCC1. The second kappa shape index (κ2) is 8.11. The van der Waals surface area contributed by atoms with Crippen LogP contribution < -0.4 is 5.32 Å². The van der Waals surface area contributed by atoms with Crippen LogP contribution in [0.3, 0.4) is 0 Å². The van der Waals surface area contributed by atoms with Crippen LogP contribution in [-0.4, -0.2) is 12.6 Å². The maximum atomic E-state index is 3.79. The molecule has 16 heavy (non-hydrogen) atoms. The van der Waals surface area contributed by atoms with Crippen molar-refractivity contribution in [3.05, 3.63) is 0 Å². The Balaban J connectivity index is 2.30. The van der Waals surface area contributed by atoms with E-state index in [4.69, 9.17) is 0 Å². The third-order valence-electron chi connectivity index (χ3n) is 4.29. The van der Waals surface area contributed by atoms with Crippen LogP contribution in [0.2, 0.25) is 0 Å². The van der Waals surface area contributed by atoms with E-state index < -0.39 is 0 Å². The monoisotopic (exact) mass is 225 g/mol. The fourth-order valence-electron chi connectivity index (χ4n) is 2.86. The summed E-state index contributed by atoms with van der Waals surface area (Å²) < 4.78 is 0. The van der Waals surface area contributed by atoms with Crippen molar-refractivity contribution in [2.45, 2.75) is 78.2 Å². The first kappa shape index (κ1) is 14.0. The molecule has 0 aromatic rings. The van der Waals surface area contributed by atoms with Gasteiger partial charge in [-0.1, -0.05) is 40.0 Å². The average molecular weight is 225 g/mol.